The van der Waals surface area contributed by atoms with Crippen LogP contribution >= 0.6 is 0 Å². The molecule has 0 bridgehead atoms. The minimum Gasteiger partial charge on any atom is -1.00 e. The molecule has 0 saturated heterocycles. The zero-order valence-corrected chi connectivity index (χ0v) is 17.2. The number of aromatic nitrogens is 2. The van der Waals surface area contributed by atoms with Gasteiger partial charge in [0, 0.05) is 27.7 Å². The monoisotopic (exact) mass is 486 g/mol. The molecule has 2 aromatic carbocycles. The SMILES string of the molecule is Cc1c2cc[n+](C)cc2c(C)c2c1[nH]c1ccc(OCC(F)(F)F)cc12.[I-]. The molecule has 142 valence electrons. The van der Waals surface area contributed by atoms with Gasteiger partial charge < -0.3 is 33.7 Å². The van der Waals surface area contributed by atoms with E-state index in [0.29, 0.717) is 0 Å². The normalized spacial score (nSPS) is 11.9. The fourth-order valence-corrected chi connectivity index (χ4v) is 3.59. The summed E-state index contributed by atoms with van der Waals surface area (Å²) >= 11 is 0. The third-order valence-electron chi connectivity index (χ3n) is 4.83. The number of hydrogen-bond donors (Lipinski definition) is 1. The van der Waals surface area contributed by atoms with Gasteiger partial charge in [0.15, 0.2) is 19.0 Å². The highest BCUT2D eigenvalue weighted by Gasteiger charge is 2.28. The molecule has 0 atom stereocenters. The Hall–Kier alpha value is -2.03. The molecular formula is C20H18F3IN2O. The van der Waals surface area contributed by atoms with Gasteiger partial charge in [-0.3, -0.25) is 0 Å². The Morgan fingerprint density at radius 2 is 1.78 bits per heavy atom. The summed E-state index contributed by atoms with van der Waals surface area (Å²) in [5, 5.41) is 4.18. The Bertz CT molecular complexity index is 1170. The van der Waals surface area contributed by atoms with Crippen LogP contribution in [0.4, 0.5) is 13.2 Å². The number of alkyl halides is 3. The quantitative estimate of drug-likeness (QED) is 0.340. The van der Waals surface area contributed by atoms with Crippen LogP contribution in [0.5, 0.6) is 5.75 Å². The van der Waals surface area contributed by atoms with Crippen molar-refractivity contribution in [3.05, 3.63) is 47.8 Å². The van der Waals surface area contributed by atoms with Crippen LogP contribution in [-0.2, 0) is 7.05 Å². The first-order valence-electron chi connectivity index (χ1n) is 8.28. The second kappa shape index (κ2) is 6.85. The third kappa shape index (κ3) is 3.44. The number of benzene rings is 2. The molecule has 7 heteroatoms. The summed E-state index contributed by atoms with van der Waals surface area (Å²) in [5.74, 6) is 0.214. The maximum absolute atomic E-state index is 12.4. The van der Waals surface area contributed by atoms with E-state index in [2.05, 4.69) is 24.2 Å². The lowest BCUT2D eigenvalue weighted by molar-refractivity contribution is -0.670. The number of nitrogens with one attached hydrogen (secondary N) is 1. The fourth-order valence-electron chi connectivity index (χ4n) is 3.59. The summed E-state index contributed by atoms with van der Waals surface area (Å²) in [7, 11) is 1.97. The third-order valence-corrected chi connectivity index (χ3v) is 4.83. The highest BCUT2D eigenvalue weighted by atomic mass is 127. The highest BCUT2D eigenvalue weighted by Crippen LogP contribution is 2.37. The molecule has 0 saturated carbocycles. The number of ether oxygens (including phenoxy) is 1. The first-order valence-corrected chi connectivity index (χ1v) is 8.28. The van der Waals surface area contributed by atoms with E-state index in [1.54, 1.807) is 18.2 Å². The van der Waals surface area contributed by atoms with Gasteiger partial charge in [0.1, 0.15) is 12.8 Å². The van der Waals surface area contributed by atoms with Crippen molar-refractivity contribution in [1.29, 1.82) is 0 Å². The molecule has 4 rings (SSSR count). The van der Waals surface area contributed by atoms with Crippen LogP contribution in [0.3, 0.4) is 0 Å². The molecule has 0 aliphatic rings. The lowest BCUT2D eigenvalue weighted by Gasteiger charge is -2.09. The van der Waals surface area contributed by atoms with Crippen LogP contribution in [0, 0.1) is 13.8 Å². The molecule has 0 aliphatic carbocycles. The molecule has 0 aliphatic heterocycles. The van der Waals surface area contributed by atoms with Crippen LogP contribution in [0.25, 0.3) is 32.6 Å². The summed E-state index contributed by atoms with van der Waals surface area (Å²) in [5.41, 5.74) is 4.10. The van der Waals surface area contributed by atoms with Crippen molar-refractivity contribution in [3.8, 4) is 5.75 Å². The first-order chi connectivity index (χ1) is 12.2. The lowest BCUT2D eigenvalue weighted by Crippen LogP contribution is -3.00. The summed E-state index contributed by atoms with van der Waals surface area (Å²) in [6.07, 6.45) is -0.279. The number of halogens is 4. The Labute approximate surface area is 171 Å². The highest BCUT2D eigenvalue weighted by molar-refractivity contribution is 6.16. The van der Waals surface area contributed by atoms with Gasteiger partial charge in [0.2, 0.25) is 0 Å². The van der Waals surface area contributed by atoms with Gasteiger partial charge in [0.05, 0.1) is 5.52 Å². The predicted octanol–water partition coefficient (Wildman–Crippen LogP) is 1.86. The van der Waals surface area contributed by atoms with Crippen molar-refractivity contribution in [2.45, 2.75) is 20.0 Å². The van der Waals surface area contributed by atoms with Crippen LogP contribution in [0.15, 0.2) is 36.7 Å². The molecule has 1 N–H and O–H groups in total. The van der Waals surface area contributed by atoms with Crippen molar-refractivity contribution in [2.75, 3.05) is 6.61 Å². The van der Waals surface area contributed by atoms with E-state index < -0.39 is 12.8 Å². The van der Waals surface area contributed by atoms with Crippen molar-refractivity contribution in [1.82, 2.24) is 4.98 Å². The Morgan fingerprint density at radius 1 is 1.04 bits per heavy atom. The predicted molar refractivity (Wildman–Crippen MR) is 95.5 cm³/mol. The van der Waals surface area contributed by atoms with Gasteiger partial charge in [-0.05, 0) is 48.6 Å². The van der Waals surface area contributed by atoms with E-state index in [4.69, 9.17) is 4.74 Å². The summed E-state index contributed by atoms with van der Waals surface area (Å²) in [6.45, 7) is 2.80. The van der Waals surface area contributed by atoms with Gasteiger partial charge in [-0.15, -0.1) is 0 Å². The summed E-state index contributed by atoms with van der Waals surface area (Å²) in [4.78, 5) is 3.41. The van der Waals surface area contributed by atoms with Gasteiger partial charge in [-0.25, -0.2) is 4.57 Å². The zero-order chi connectivity index (χ0) is 18.6. The number of rotatable bonds is 2. The standard InChI is InChI=1S/C20H17F3N2O.HI/c1-11-16-9-25(3)7-6-14(16)12(2)19-18(11)15-8-13(4-5-17(15)24-19)26-10-20(21,22)23;/h4-9H,10H2,1-3H3;1H. The number of aryl methyl sites for hydroxylation is 3. The second-order valence-corrected chi connectivity index (χ2v) is 6.67. The summed E-state index contributed by atoms with van der Waals surface area (Å²) < 4.78 is 44.3. The minimum atomic E-state index is -4.35. The van der Waals surface area contributed by atoms with Crippen molar-refractivity contribution < 1.29 is 46.5 Å². The number of H-pyrrole nitrogens is 1. The molecule has 2 aromatic heterocycles. The van der Waals surface area contributed by atoms with E-state index >= 15 is 0 Å². The lowest BCUT2D eigenvalue weighted by atomic mass is 9.97. The molecule has 3 nitrogen and oxygen atoms in total. The van der Waals surface area contributed by atoms with E-state index in [1.165, 1.54) is 0 Å². The largest absolute Gasteiger partial charge is 1.00 e. The minimum absolute atomic E-state index is 0. The average molecular weight is 486 g/mol. The Kier molecular flexibility index (Phi) is 5.00. The van der Waals surface area contributed by atoms with E-state index in [9.17, 15) is 13.2 Å². The maximum atomic E-state index is 12.4. The van der Waals surface area contributed by atoms with Crippen molar-refractivity contribution in [2.24, 2.45) is 7.05 Å². The molecule has 0 unspecified atom stereocenters. The molecular weight excluding hydrogens is 468 g/mol. The molecule has 0 amide bonds. The molecule has 0 fully saturated rings. The number of fused-ring (bicyclic) bond motifs is 4. The Morgan fingerprint density at radius 3 is 2.48 bits per heavy atom. The number of aromatic amines is 1. The van der Waals surface area contributed by atoms with Crippen LogP contribution in [0.1, 0.15) is 11.1 Å². The van der Waals surface area contributed by atoms with E-state index in [-0.39, 0.29) is 29.7 Å². The topological polar surface area (TPSA) is 28.9 Å². The van der Waals surface area contributed by atoms with Gasteiger partial charge in [-0.2, -0.15) is 13.2 Å². The number of hydrogen-bond acceptors (Lipinski definition) is 1. The first kappa shape index (κ1) is 19.7. The van der Waals surface area contributed by atoms with Crippen LogP contribution in [-0.4, -0.2) is 17.8 Å². The summed E-state index contributed by atoms with van der Waals surface area (Å²) in [6, 6.07) is 7.10. The van der Waals surface area contributed by atoms with Crippen LogP contribution < -0.4 is 33.3 Å². The fraction of sp³-hybridized carbons (Fsp3) is 0.250. The van der Waals surface area contributed by atoms with Crippen molar-refractivity contribution in [3.63, 3.8) is 0 Å². The van der Waals surface area contributed by atoms with Crippen molar-refractivity contribution >= 4 is 32.6 Å². The number of pyridine rings is 1. The molecule has 0 radical (unpaired) electrons. The van der Waals surface area contributed by atoms with Gasteiger partial charge in [0.25, 0.3) is 0 Å². The molecule has 0 spiro atoms. The van der Waals surface area contributed by atoms with Gasteiger partial charge in [-0.1, -0.05) is 0 Å². The molecule has 4 aromatic rings. The maximum Gasteiger partial charge on any atom is 0.422 e. The molecule has 27 heavy (non-hydrogen) atoms. The number of nitrogens with zero attached hydrogens (tertiary/aromatic N) is 1. The second-order valence-electron chi connectivity index (χ2n) is 6.67. The Balaban J connectivity index is 0.00000210. The van der Waals surface area contributed by atoms with Gasteiger partial charge >= 0.3 is 6.18 Å². The zero-order valence-electron chi connectivity index (χ0n) is 15.0. The average Bonchev–Trinajstić information content (AvgIpc) is 2.96. The van der Waals surface area contributed by atoms with E-state index in [1.807, 2.05) is 24.7 Å². The van der Waals surface area contributed by atoms with E-state index in [0.717, 1.165) is 43.7 Å². The molecule has 2 heterocycles. The smallest absolute Gasteiger partial charge is 0.422 e. The van der Waals surface area contributed by atoms with Crippen LogP contribution in [0.2, 0.25) is 0 Å².